The number of Topliss-reactive ketones (excluding diaryl/α,β-unsaturated/α-hetero) is 1. The number of hydrogen-bond acceptors (Lipinski definition) is 6. The summed E-state index contributed by atoms with van der Waals surface area (Å²) in [7, 11) is 0. The standard InChI is InChI=1S/C18H20F2O6/c1-4-5-23-8-9-6-10(12(20)7-11(9)19)13(21)15-14(22)16-17(24-15)26-18(2,3)25-16/h4,6-7,14-17,22H,1,5,8H2,2-3H3/t14-,15+,16+,17+/m1/s1. The van der Waals surface area contributed by atoms with Crippen molar-refractivity contribution >= 4 is 5.78 Å². The first kappa shape index (κ1) is 19.1. The van der Waals surface area contributed by atoms with Gasteiger partial charge in [-0.25, -0.2) is 8.78 Å². The Morgan fingerprint density at radius 2 is 2.08 bits per heavy atom. The highest BCUT2D eigenvalue weighted by Gasteiger charge is 2.56. The van der Waals surface area contributed by atoms with Crippen LogP contribution in [0.1, 0.15) is 29.8 Å². The van der Waals surface area contributed by atoms with Crippen molar-refractivity contribution in [3.63, 3.8) is 0 Å². The van der Waals surface area contributed by atoms with Gasteiger partial charge < -0.3 is 24.1 Å². The number of benzene rings is 1. The van der Waals surface area contributed by atoms with E-state index in [1.807, 2.05) is 0 Å². The Morgan fingerprint density at radius 3 is 2.73 bits per heavy atom. The number of ether oxygens (including phenoxy) is 4. The zero-order chi connectivity index (χ0) is 19.1. The maximum absolute atomic E-state index is 14.1. The van der Waals surface area contributed by atoms with Crippen LogP contribution in [0.15, 0.2) is 24.8 Å². The van der Waals surface area contributed by atoms with Crippen molar-refractivity contribution in [2.45, 2.75) is 50.8 Å². The van der Waals surface area contributed by atoms with E-state index >= 15 is 0 Å². The zero-order valence-electron chi connectivity index (χ0n) is 14.4. The van der Waals surface area contributed by atoms with Crippen molar-refractivity contribution in [1.82, 2.24) is 0 Å². The van der Waals surface area contributed by atoms with E-state index < -0.39 is 53.4 Å². The summed E-state index contributed by atoms with van der Waals surface area (Å²) >= 11 is 0. The molecule has 0 aliphatic carbocycles. The fourth-order valence-corrected chi connectivity index (χ4v) is 3.01. The summed E-state index contributed by atoms with van der Waals surface area (Å²) in [4.78, 5) is 12.6. The van der Waals surface area contributed by atoms with Gasteiger partial charge in [0.05, 0.1) is 18.8 Å². The van der Waals surface area contributed by atoms with Crippen molar-refractivity contribution in [3.8, 4) is 0 Å². The van der Waals surface area contributed by atoms with E-state index in [2.05, 4.69) is 6.58 Å². The first-order valence-corrected chi connectivity index (χ1v) is 8.13. The van der Waals surface area contributed by atoms with Gasteiger partial charge >= 0.3 is 0 Å². The molecule has 0 bridgehead atoms. The molecule has 1 aromatic carbocycles. The minimum Gasteiger partial charge on any atom is -0.387 e. The van der Waals surface area contributed by atoms with Crippen LogP contribution in [-0.2, 0) is 25.6 Å². The second-order valence-corrected chi connectivity index (χ2v) is 6.61. The van der Waals surface area contributed by atoms with E-state index in [1.54, 1.807) is 13.8 Å². The third-order valence-electron chi connectivity index (χ3n) is 4.17. The van der Waals surface area contributed by atoms with Gasteiger partial charge in [0, 0.05) is 11.6 Å². The second-order valence-electron chi connectivity index (χ2n) is 6.61. The largest absolute Gasteiger partial charge is 0.387 e. The van der Waals surface area contributed by atoms with Gasteiger partial charge in [0.1, 0.15) is 23.8 Å². The molecule has 0 aromatic heterocycles. The topological polar surface area (TPSA) is 74.2 Å². The fraction of sp³-hybridized carbons (Fsp3) is 0.500. The molecule has 2 aliphatic rings. The summed E-state index contributed by atoms with van der Waals surface area (Å²) in [6.45, 7) is 6.79. The molecule has 1 N–H and O–H groups in total. The molecule has 8 heteroatoms. The van der Waals surface area contributed by atoms with E-state index in [0.717, 1.165) is 6.07 Å². The van der Waals surface area contributed by atoms with E-state index in [-0.39, 0.29) is 18.8 Å². The molecule has 6 nitrogen and oxygen atoms in total. The van der Waals surface area contributed by atoms with Gasteiger partial charge in [0.2, 0.25) is 0 Å². The summed E-state index contributed by atoms with van der Waals surface area (Å²) in [6, 6.07) is 1.67. The summed E-state index contributed by atoms with van der Waals surface area (Å²) < 4.78 is 49.5. The molecule has 4 atom stereocenters. The van der Waals surface area contributed by atoms with Crippen molar-refractivity contribution in [3.05, 3.63) is 47.5 Å². The number of carbonyl (C=O) groups excluding carboxylic acids is 1. The van der Waals surface area contributed by atoms with E-state index in [9.17, 15) is 18.7 Å². The van der Waals surface area contributed by atoms with E-state index in [0.29, 0.717) is 6.07 Å². The second kappa shape index (κ2) is 7.13. The van der Waals surface area contributed by atoms with Crippen LogP contribution in [0.4, 0.5) is 8.78 Å². The van der Waals surface area contributed by atoms with E-state index in [4.69, 9.17) is 18.9 Å². The predicted octanol–water partition coefficient (Wildman–Crippen LogP) is 2.09. The highest BCUT2D eigenvalue weighted by Crippen LogP contribution is 2.38. The molecule has 0 radical (unpaired) electrons. The molecular weight excluding hydrogens is 350 g/mol. The normalized spacial score (nSPS) is 29.6. The van der Waals surface area contributed by atoms with Gasteiger partial charge in [0.25, 0.3) is 0 Å². The molecule has 2 fully saturated rings. The average Bonchev–Trinajstić information content (AvgIpc) is 3.02. The summed E-state index contributed by atoms with van der Waals surface area (Å²) in [5, 5.41) is 10.3. The number of aliphatic hydroxyl groups excluding tert-OH is 1. The molecule has 2 heterocycles. The van der Waals surface area contributed by atoms with Crippen LogP contribution >= 0.6 is 0 Å². The number of halogens is 2. The Kier molecular flexibility index (Phi) is 5.23. The molecule has 2 aliphatic heterocycles. The van der Waals surface area contributed by atoms with Crippen LogP contribution in [0.3, 0.4) is 0 Å². The summed E-state index contributed by atoms with van der Waals surface area (Å²) in [5.74, 6) is -3.66. The SMILES string of the molecule is C=CCOCc1cc(C(=O)[C@@H]2O[C@H]3OC(C)(C)O[C@H]3[C@@H]2O)c(F)cc1F. The van der Waals surface area contributed by atoms with Gasteiger partial charge in [-0.05, 0) is 19.9 Å². The molecule has 0 amide bonds. The van der Waals surface area contributed by atoms with Crippen molar-refractivity contribution in [2.24, 2.45) is 0 Å². The van der Waals surface area contributed by atoms with Gasteiger partial charge in [-0.15, -0.1) is 6.58 Å². The van der Waals surface area contributed by atoms with Crippen LogP contribution in [0.5, 0.6) is 0 Å². The molecule has 142 valence electrons. The van der Waals surface area contributed by atoms with Gasteiger partial charge in [-0.3, -0.25) is 4.79 Å². The third kappa shape index (κ3) is 3.56. The lowest BCUT2D eigenvalue weighted by Gasteiger charge is -2.22. The third-order valence-corrected chi connectivity index (χ3v) is 4.17. The first-order valence-electron chi connectivity index (χ1n) is 8.13. The molecule has 2 saturated heterocycles. The number of ketones is 1. The number of fused-ring (bicyclic) bond motifs is 1. The minimum atomic E-state index is -1.37. The number of hydrogen-bond donors (Lipinski definition) is 1. The molecular formula is C18H20F2O6. The van der Waals surface area contributed by atoms with Gasteiger partial charge in [0.15, 0.2) is 24.0 Å². The molecule has 0 spiro atoms. The average molecular weight is 370 g/mol. The van der Waals surface area contributed by atoms with Crippen molar-refractivity contribution in [2.75, 3.05) is 6.61 Å². The molecule has 1 aromatic rings. The maximum atomic E-state index is 14.1. The Morgan fingerprint density at radius 1 is 1.35 bits per heavy atom. The minimum absolute atomic E-state index is 0.0120. The first-order chi connectivity index (χ1) is 12.2. The van der Waals surface area contributed by atoms with Gasteiger partial charge in [-0.1, -0.05) is 6.08 Å². The Labute approximate surface area is 149 Å². The highest BCUT2D eigenvalue weighted by atomic mass is 19.1. The molecule has 0 unspecified atom stereocenters. The number of rotatable bonds is 6. The Bertz CT molecular complexity index is 720. The molecule has 3 rings (SSSR count). The predicted molar refractivity (Wildman–Crippen MR) is 85.2 cm³/mol. The smallest absolute Gasteiger partial charge is 0.197 e. The summed E-state index contributed by atoms with van der Waals surface area (Å²) in [5.41, 5.74) is -0.384. The summed E-state index contributed by atoms with van der Waals surface area (Å²) in [6.07, 6.45) is -3.02. The van der Waals surface area contributed by atoms with Crippen molar-refractivity contribution < 1.29 is 37.6 Å². The van der Waals surface area contributed by atoms with Gasteiger partial charge in [-0.2, -0.15) is 0 Å². The van der Waals surface area contributed by atoms with Crippen molar-refractivity contribution in [1.29, 1.82) is 0 Å². The highest BCUT2D eigenvalue weighted by molar-refractivity contribution is 6.00. The van der Waals surface area contributed by atoms with Crippen LogP contribution in [-0.4, -0.2) is 47.9 Å². The number of carbonyl (C=O) groups is 1. The van der Waals surface area contributed by atoms with Crippen LogP contribution < -0.4 is 0 Å². The fourth-order valence-electron chi connectivity index (χ4n) is 3.01. The van der Waals surface area contributed by atoms with Crippen LogP contribution in [0, 0.1) is 11.6 Å². The quantitative estimate of drug-likeness (QED) is 0.470. The lowest BCUT2D eigenvalue weighted by atomic mass is 9.98. The Hall–Kier alpha value is -1.71. The zero-order valence-corrected chi connectivity index (χ0v) is 14.4. The van der Waals surface area contributed by atoms with Crippen LogP contribution in [0.2, 0.25) is 0 Å². The monoisotopic (exact) mass is 370 g/mol. The molecule has 26 heavy (non-hydrogen) atoms. The molecule has 0 saturated carbocycles. The lowest BCUT2D eigenvalue weighted by molar-refractivity contribution is -0.208. The maximum Gasteiger partial charge on any atom is 0.197 e. The number of aliphatic hydroxyl groups is 1. The Balaban J connectivity index is 1.80. The van der Waals surface area contributed by atoms with E-state index in [1.165, 1.54) is 6.08 Å². The van der Waals surface area contributed by atoms with Crippen LogP contribution in [0.25, 0.3) is 0 Å². The lowest BCUT2D eigenvalue weighted by Crippen LogP contribution is -2.39.